The number of allylic oxidation sites excluding steroid dienone is 6. The minimum Gasteiger partial charge on any atom is -0.493 e. The molecule has 0 aliphatic carbocycles. The summed E-state index contributed by atoms with van der Waals surface area (Å²) in [5, 5.41) is 0. The normalized spacial score (nSPS) is 17.6. The molecule has 0 radical (unpaired) electrons. The Labute approximate surface area is 240 Å². The van der Waals surface area contributed by atoms with Gasteiger partial charge < -0.3 is 9.47 Å². The van der Waals surface area contributed by atoms with E-state index in [0.29, 0.717) is 18.8 Å². The minimum atomic E-state index is -0.144. The summed E-state index contributed by atoms with van der Waals surface area (Å²) in [6.07, 6.45) is 17.2. The molecule has 218 valence electrons. The van der Waals surface area contributed by atoms with Gasteiger partial charge in [-0.15, -0.1) is 0 Å². The second-order valence-corrected chi connectivity index (χ2v) is 12.6. The molecule has 1 heterocycles. The monoisotopic (exact) mass is 536 g/mol. The molecule has 0 spiro atoms. The maximum Gasteiger partial charge on any atom is 0.135 e. The molecule has 0 fully saturated rings. The highest BCUT2D eigenvalue weighted by molar-refractivity contribution is 5.80. The van der Waals surface area contributed by atoms with Crippen LogP contribution in [0.1, 0.15) is 129 Å². The van der Waals surface area contributed by atoms with E-state index in [1.165, 1.54) is 33.4 Å². The lowest BCUT2D eigenvalue weighted by atomic mass is 9.85. The molecule has 1 aromatic rings. The summed E-state index contributed by atoms with van der Waals surface area (Å²) < 4.78 is 13.0. The third-order valence-electron chi connectivity index (χ3n) is 8.31. The number of hydrogen-bond acceptors (Lipinski definition) is 3. The lowest BCUT2D eigenvalue weighted by molar-refractivity contribution is -0.122. The van der Waals surface area contributed by atoms with Gasteiger partial charge in [-0.25, -0.2) is 0 Å². The van der Waals surface area contributed by atoms with Gasteiger partial charge in [-0.3, -0.25) is 4.79 Å². The van der Waals surface area contributed by atoms with E-state index in [2.05, 4.69) is 73.6 Å². The van der Waals surface area contributed by atoms with Crippen LogP contribution >= 0.6 is 0 Å². The summed E-state index contributed by atoms with van der Waals surface area (Å²) in [6, 6.07) is 0. The maximum atomic E-state index is 11.9. The molecule has 1 atom stereocenters. The Kier molecular flexibility index (Phi) is 13.1. The Morgan fingerprint density at radius 1 is 0.897 bits per heavy atom. The summed E-state index contributed by atoms with van der Waals surface area (Å²) in [7, 11) is 0. The smallest absolute Gasteiger partial charge is 0.135 e. The number of hydrogen-bond donors (Lipinski definition) is 0. The van der Waals surface area contributed by atoms with Gasteiger partial charge in [0.15, 0.2) is 0 Å². The lowest BCUT2D eigenvalue weighted by Crippen LogP contribution is -2.37. The number of fused-ring (bicyclic) bond motifs is 1. The zero-order valence-corrected chi connectivity index (χ0v) is 26.8. The molecule has 1 aliphatic rings. The topological polar surface area (TPSA) is 35.5 Å². The van der Waals surface area contributed by atoms with E-state index in [1.54, 1.807) is 0 Å². The van der Waals surface area contributed by atoms with Gasteiger partial charge in [0.05, 0.1) is 6.61 Å². The molecule has 2 rings (SSSR count). The molecule has 1 aromatic carbocycles. The van der Waals surface area contributed by atoms with E-state index in [4.69, 9.17) is 9.47 Å². The third kappa shape index (κ3) is 10.3. The molecule has 0 bridgehead atoms. The molecular formula is C36H56O3. The maximum absolute atomic E-state index is 11.9. The van der Waals surface area contributed by atoms with Crippen LogP contribution in [0.5, 0.6) is 11.5 Å². The highest BCUT2D eigenvalue weighted by Crippen LogP contribution is 2.45. The van der Waals surface area contributed by atoms with Crippen LogP contribution in [0.25, 0.3) is 0 Å². The van der Waals surface area contributed by atoms with Crippen LogP contribution in [-0.4, -0.2) is 18.0 Å². The Hall–Kier alpha value is -2.29. The van der Waals surface area contributed by atoms with Gasteiger partial charge >= 0.3 is 0 Å². The molecule has 1 aliphatic heterocycles. The fourth-order valence-electron chi connectivity index (χ4n) is 5.35. The molecule has 0 unspecified atom stereocenters. The first-order valence-corrected chi connectivity index (χ1v) is 15.3. The van der Waals surface area contributed by atoms with Crippen molar-refractivity contribution in [2.45, 2.75) is 139 Å². The van der Waals surface area contributed by atoms with Gasteiger partial charge in [0.1, 0.15) is 22.9 Å². The zero-order chi connectivity index (χ0) is 29.2. The summed E-state index contributed by atoms with van der Waals surface area (Å²) >= 11 is 0. The van der Waals surface area contributed by atoms with Gasteiger partial charge in [-0.2, -0.15) is 0 Å². The van der Waals surface area contributed by atoms with Gasteiger partial charge in [0.25, 0.3) is 0 Å². The van der Waals surface area contributed by atoms with Gasteiger partial charge in [0, 0.05) is 17.9 Å². The van der Waals surface area contributed by atoms with Crippen LogP contribution in [0, 0.1) is 26.7 Å². The van der Waals surface area contributed by atoms with Crippen molar-refractivity contribution >= 4 is 5.78 Å². The van der Waals surface area contributed by atoms with Crippen LogP contribution in [0.4, 0.5) is 0 Å². The van der Waals surface area contributed by atoms with E-state index in [1.807, 2.05) is 13.8 Å². The summed E-state index contributed by atoms with van der Waals surface area (Å²) in [6.45, 7) is 22.1. The second-order valence-electron chi connectivity index (χ2n) is 12.6. The van der Waals surface area contributed by atoms with Crippen molar-refractivity contribution in [2.75, 3.05) is 6.61 Å². The van der Waals surface area contributed by atoms with Crippen molar-refractivity contribution < 1.29 is 14.3 Å². The van der Waals surface area contributed by atoms with Crippen molar-refractivity contribution in [3.05, 3.63) is 57.2 Å². The highest BCUT2D eigenvalue weighted by Gasteiger charge is 2.34. The van der Waals surface area contributed by atoms with Crippen molar-refractivity contribution in [3.63, 3.8) is 0 Å². The van der Waals surface area contributed by atoms with E-state index < -0.39 is 0 Å². The van der Waals surface area contributed by atoms with E-state index in [-0.39, 0.29) is 11.5 Å². The van der Waals surface area contributed by atoms with Gasteiger partial charge in [0.2, 0.25) is 0 Å². The molecule has 0 amide bonds. The third-order valence-corrected chi connectivity index (χ3v) is 8.31. The average Bonchev–Trinajstić information content (AvgIpc) is 2.86. The fraction of sp³-hybridized carbons (Fsp3) is 0.639. The lowest BCUT2D eigenvalue weighted by Gasteiger charge is -2.38. The molecule has 3 nitrogen and oxygen atoms in total. The quantitative estimate of drug-likeness (QED) is 0.165. The summed E-state index contributed by atoms with van der Waals surface area (Å²) in [4.78, 5) is 11.9. The average molecular weight is 537 g/mol. The van der Waals surface area contributed by atoms with Crippen LogP contribution in [-0.2, 0) is 11.2 Å². The Bertz CT molecular complexity index is 1070. The zero-order valence-electron chi connectivity index (χ0n) is 26.8. The Morgan fingerprint density at radius 2 is 1.51 bits per heavy atom. The van der Waals surface area contributed by atoms with E-state index >= 15 is 0 Å². The standard InChI is InChI=1S/C36H56O3/c1-25(2)15-11-16-27(5)17-12-18-28(6)19-13-22-36(10)23-21-32-31(9)34(29(7)30(8)35(32)39-36)38-24-14-20-33(37)26(3)4/h15,17,19,26H,11-14,16,18,20-24H2,1-10H3/b27-17+,28-19+/t36-/m1/s1. The number of ether oxygens (including phenoxy) is 2. The van der Waals surface area contributed by atoms with Crippen LogP contribution in [0.3, 0.4) is 0 Å². The predicted molar refractivity (Wildman–Crippen MR) is 167 cm³/mol. The van der Waals surface area contributed by atoms with Gasteiger partial charge in [-0.1, -0.05) is 48.8 Å². The number of benzene rings is 1. The van der Waals surface area contributed by atoms with Crippen molar-refractivity contribution in [1.82, 2.24) is 0 Å². The Morgan fingerprint density at radius 3 is 2.13 bits per heavy atom. The molecular weight excluding hydrogens is 480 g/mol. The first kappa shape index (κ1) is 32.9. The van der Waals surface area contributed by atoms with Crippen LogP contribution < -0.4 is 9.47 Å². The highest BCUT2D eigenvalue weighted by atomic mass is 16.5. The van der Waals surface area contributed by atoms with Crippen molar-refractivity contribution in [2.24, 2.45) is 5.92 Å². The largest absolute Gasteiger partial charge is 0.493 e. The number of rotatable bonds is 15. The first-order chi connectivity index (χ1) is 18.3. The fourth-order valence-corrected chi connectivity index (χ4v) is 5.35. The minimum absolute atomic E-state index is 0.0966. The molecule has 3 heteroatoms. The van der Waals surface area contributed by atoms with Gasteiger partial charge in [-0.05, 0) is 130 Å². The van der Waals surface area contributed by atoms with Crippen LogP contribution in [0.15, 0.2) is 34.9 Å². The van der Waals surface area contributed by atoms with Crippen LogP contribution in [0.2, 0.25) is 0 Å². The molecule has 0 saturated heterocycles. The number of ketones is 1. The summed E-state index contributed by atoms with van der Waals surface area (Å²) in [5.74, 6) is 2.45. The Balaban J connectivity index is 1.93. The van der Waals surface area contributed by atoms with E-state index in [9.17, 15) is 4.79 Å². The predicted octanol–water partition coefficient (Wildman–Crippen LogP) is 10.3. The number of carbonyl (C=O) groups is 1. The summed E-state index contributed by atoms with van der Waals surface area (Å²) in [5.41, 5.74) is 9.07. The van der Waals surface area contributed by atoms with Crippen molar-refractivity contribution in [1.29, 1.82) is 0 Å². The molecule has 39 heavy (non-hydrogen) atoms. The number of Topliss-reactive ketones (excluding diaryl/α,β-unsaturated/α-hetero) is 1. The van der Waals surface area contributed by atoms with E-state index in [0.717, 1.165) is 74.8 Å². The molecule has 0 saturated carbocycles. The number of carbonyl (C=O) groups excluding carboxylic acids is 1. The SMILES string of the molecule is CC(C)=CCC/C(C)=C/CC/C(C)=C/CC[C@]1(C)CCc2c(C)c(OCCCC(=O)C(C)C)c(C)c(C)c2O1. The molecule has 0 aromatic heterocycles. The molecule has 0 N–H and O–H groups in total. The first-order valence-electron chi connectivity index (χ1n) is 15.3. The van der Waals surface area contributed by atoms with Crippen molar-refractivity contribution in [3.8, 4) is 11.5 Å². The second kappa shape index (κ2) is 15.5.